The standard InChI is InChI=1S/C10H12F3NOS/c11-10(12,13)9(6-7-14)16(15)8-4-2-1-3-5-8/h1-5,9H,6-7,14H2. The molecule has 0 fully saturated rings. The quantitative estimate of drug-likeness (QED) is 0.890. The third-order valence-corrected chi connectivity index (χ3v) is 3.78. The Morgan fingerprint density at radius 2 is 1.81 bits per heavy atom. The van der Waals surface area contributed by atoms with E-state index in [-0.39, 0.29) is 17.9 Å². The van der Waals surface area contributed by atoms with Gasteiger partial charge in [0.05, 0.1) is 10.8 Å². The molecule has 1 aromatic carbocycles. The first kappa shape index (κ1) is 13.2. The Kier molecular flexibility index (Phi) is 4.49. The van der Waals surface area contributed by atoms with Gasteiger partial charge in [0.15, 0.2) is 0 Å². The van der Waals surface area contributed by atoms with Crippen molar-refractivity contribution in [2.75, 3.05) is 6.54 Å². The molecule has 0 bridgehead atoms. The fourth-order valence-electron chi connectivity index (χ4n) is 1.26. The molecule has 16 heavy (non-hydrogen) atoms. The second-order valence-electron chi connectivity index (χ2n) is 3.22. The summed E-state index contributed by atoms with van der Waals surface area (Å²) in [5.74, 6) is 0. The van der Waals surface area contributed by atoms with Crippen molar-refractivity contribution in [1.29, 1.82) is 0 Å². The monoisotopic (exact) mass is 251 g/mol. The Morgan fingerprint density at radius 1 is 1.25 bits per heavy atom. The maximum atomic E-state index is 12.6. The molecule has 2 nitrogen and oxygen atoms in total. The van der Waals surface area contributed by atoms with Gasteiger partial charge in [0.25, 0.3) is 0 Å². The molecule has 2 unspecified atom stereocenters. The zero-order chi connectivity index (χ0) is 12.2. The number of rotatable bonds is 4. The summed E-state index contributed by atoms with van der Waals surface area (Å²) in [5, 5.41) is -1.89. The molecule has 2 atom stereocenters. The largest absolute Gasteiger partial charge is 0.403 e. The Labute approximate surface area is 94.1 Å². The SMILES string of the molecule is NCCC(S(=O)c1ccccc1)C(F)(F)F. The minimum Gasteiger partial charge on any atom is -0.330 e. The molecular formula is C10H12F3NOS. The van der Waals surface area contributed by atoms with E-state index in [1.165, 1.54) is 12.1 Å². The van der Waals surface area contributed by atoms with Crippen molar-refractivity contribution in [3.63, 3.8) is 0 Å². The smallest absolute Gasteiger partial charge is 0.330 e. The molecule has 6 heteroatoms. The van der Waals surface area contributed by atoms with Gasteiger partial charge in [-0.3, -0.25) is 4.21 Å². The number of hydrogen-bond acceptors (Lipinski definition) is 2. The molecule has 0 aliphatic heterocycles. The van der Waals surface area contributed by atoms with E-state index in [1.807, 2.05) is 0 Å². The average Bonchev–Trinajstić information content (AvgIpc) is 2.25. The molecule has 0 radical (unpaired) electrons. The van der Waals surface area contributed by atoms with Crippen LogP contribution in [0.2, 0.25) is 0 Å². The Morgan fingerprint density at radius 3 is 2.25 bits per heavy atom. The van der Waals surface area contributed by atoms with Crippen molar-refractivity contribution in [2.24, 2.45) is 5.73 Å². The minimum atomic E-state index is -4.49. The van der Waals surface area contributed by atoms with Crippen molar-refractivity contribution in [1.82, 2.24) is 0 Å². The van der Waals surface area contributed by atoms with E-state index < -0.39 is 22.2 Å². The third-order valence-electron chi connectivity index (χ3n) is 2.03. The van der Waals surface area contributed by atoms with Crippen LogP contribution in [0.3, 0.4) is 0 Å². The summed E-state index contributed by atoms with van der Waals surface area (Å²) in [5.41, 5.74) is 5.11. The molecule has 0 aliphatic rings. The van der Waals surface area contributed by atoms with Crippen LogP contribution in [0.1, 0.15) is 6.42 Å². The highest BCUT2D eigenvalue weighted by atomic mass is 32.2. The Hall–Kier alpha value is -0.880. The van der Waals surface area contributed by atoms with Crippen LogP contribution in [0.5, 0.6) is 0 Å². The van der Waals surface area contributed by atoms with E-state index in [1.54, 1.807) is 18.2 Å². The van der Waals surface area contributed by atoms with Crippen LogP contribution in [0.4, 0.5) is 13.2 Å². The van der Waals surface area contributed by atoms with Gasteiger partial charge in [-0.1, -0.05) is 18.2 Å². The fourth-order valence-corrected chi connectivity index (χ4v) is 2.61. The van der Waals surface area contributed by atoms with E-state index in [0.29, 0.717) is 0 Å². The number of nitrogens with two attached hydrogens (primary N) is 1. The second kappa shape index (κ2) is 5.45. The highest BCUT2D eigenvalue weighted by Crippen LogP contribution is 2.29. The van der Waals surface area contributed by atoms with Gasteiger partial charge in [0, 0.05) is 4.90 Å². The predicted molar refractivity (Wildman–Crippen MR) is 56.4 cm³/mol. The van der Waals surface area contributed by atoms with Gasteiger partial charge in [-0.25, -0.2) is 0 Å². The normalized spacial score (nSPS) is 15.8. The molecule has 1 rings (SSSR count). The van der Waals surface area contributed by atoms with Crippen LogP contribution in [-0.2, 0) is 10.8 Å². The summed E-state index contributed by atoms with van der Waals surface area (Å²) >= 11 is 0. The van der Waals surface area contributed by atoms with Crippen molar-refractivity contribution < 1.29 is 17.4 Å². The fraction of sp³-hybridized carbons (Fsp3) is 0.400. The first-order valence-corrected chi connectivity index (χ1v) is 5.90. The van der Waals surface area contributed by atoms with E-state index in [0.717, 1.165) is 0 Å². The van der Waals surface area contributed by atoms with Gasteiger partial charge in [0.1, 0.15) is 5.25 Å². The van der Waals surface area contributed by atoms with Crippen molar-refractivity contribution >= 4 is 10.8 Å². The maximum absolute atomic E-state index is 12.6. The lowest BCUT2D eigenvalue weighted by Crippen LogP contribution is -2.35. The Bertz CT molecular complexity index is 353. The predicted octanol–water partition coefficient (Wildman–Crippen LogP) is 2.07. The molecule has 0 heterocycles. The van der Waals surface area contributed by atoms with Gasteiger partial charge >= 0.3 is 6.18 Å². The zero-order valence-corrected chi connectivity index (χ0v) is 9.22. The molecule has 0 spiro atoms. The van der Waals surface area contributed by atoms with Crippen LogP contribution >= 0.6 is 0 Å². The molecular weight excluding hydrogens is 239 g/mol. The first-order chi connectivity index (χ1) is 7.46. The number of alkyl halides is 3. The molecule has 0 aromatic heterocycles. The molecule has 0 aliphatic carbocycles. The van der Waals surface area contributed by atoms with Gasteiger partial charge in [0.2, 0.25) is 0 Å². The molecule has 0 amide bonds. The maximum Gasteiger partial charge on any atom is 0.403 e. The van der Waals surface area contributed by atoms with Gasteiger partial charge in [-0.05, 0) is 25.1 Å². The molecule has 1 aromatic rings. The number of halogens is 3. The van der Waals surface area contributed by atoms with Gasteiger partial charge in [-0.2, -0.15) is 13.2 Å². The highest BCUT2D eigenvalue weighted by molar-refractivity contribution is 7.85. The number of hydrogen-bond donors (Lipinski definition) is 1. The lowest BCUT2D eigenvalue weighted by Gasteiger charge is -2.18. The van der Waals surface area contributed by atoms with Crippen LogP contribution in [0.15, 0.2) is 35.2 Å². The molecule has 0 saturated carbocycles. The van der Waals surface area contributed by atoms with E-state index in [2.05, 4.69) is 0 Å². The molecule has 2 N–H and O–H groups in total. The van der Waals surface area contributed by atoms with E-state index >= 15 is 0 Å². The lowest BCUT2D eigenvalue weighted by molar-refractivity contribution is -0.130. The summed E-state index contributed by atoms with van der Waals surface area (Å²) in [7, 11) is -2.10. The zero-order valence-electron chi connectivity index (χ0n) is 8.41. The van der Waals surface area contributed by atoms with Crippen LogP contribution in [-0.4, -0.2) is 22.2 Å². The highest BCUT2D eigenvalue weighted by Gasteiger charge is 2.43. The van der Waals surface area contributed by atoms with Crippen molar-refractivity contribution in [3.8, 4) is 0 Å². The van der Waals surface area contributed by atoms with Gasteiger partial charge < -0.3 is 5.73 Å². The number of benzene rings is 1. The molecule has 0 saturated heterocycles. The van der Waals surface area contributed by atoms with Crippen molar-refractivity contribution in [3.05, 3.63) is 30.3 Å². The van der Waals surface area contributed by atoms with Crippen molar-refractivity contribution in [2.45, 2.75) is 22.7 Å². The lowest BCUT2D eigenvalue weighted by atomic mass is 10.3. The van der Waals surface area contributed by atoms with Crippen LogP contribution in [0.25, 0.3) is 0 Å². The summed E-state index contributed by atoms with van der Waals surface area (Å²) in [4.78, 5) is 0.179. The van der Waals surface area contributed by atoms with E-state index in [4.69, 9.17) is 5.73 Å². The summed E-state index contributed by atoms with van der Waals surface area (Å²) in [6.07, 6.45) is -4.81. The van der Waals surface area contributed by atoms with E-state index in [9.17, 15) is 17.4 Å². The summed E-state index contributed by atoms with van der Waals surface area (Å²) < 4.78 is 49.5. The first-order valence-electron chi connectivity index (χ1n) is 4.69. The summed E-state index contributed by atoms with van der Waals surface area (Å²) in [6.45, 7) is -0.136. The molecule has 90 valence electrons. The average molecular weight is 251 g/mol. The topological polar surface area (TPSA) is 43.1 Å². The Balaban J connectivity index is 2.92. The summed E-state index contributed by atoms with van der Waals surface area (Å²) in [6, 6.07) is 7.62. The van der Waals surface area contributed by atoms with Gasteiger partial charge in [-0.15, -0.1) is 0 Å². The third kappa shape index (κ3) is 3.31. The minimum absolute atomic E-state index is 0.136. The second-order valence-corrected chi connectivity index (χ2v) is 4.85. The van der Waals surface area contributed by atoms with Crippen LogP contribution in [0, 0.1) is 0 Å². The van der Waals surface area contributed by atoms with Crippen LogP contribution < -0.4 is 5.73 Å².